The summed E-state index contributed by atoms with van der Waals surface area (Å²) in [6.07, 6.45) is 3.47. The lowest BCUT2D eigenvalue weighted by molar-refractivity contribution is 0.0985. The van der Waals surface area contributed by atoms with E-state index in [-0.39, 0.29) is 29.3 Å². The normalized spacial score (nSPS) is 16.4. The number of nitrogens with zero attached hydrogens (tertiary/aromatic N) is 1. The van der Waals surface area contributed by atoms with Crippen molar-refractivity contribution in [1.82, 2.24) is 4.72 Å². The zero-order chi connectivity index (χ0) is 18.3. The van der Waals surface area contributed by atoms with Gasteiger partial charge in [-0.2, -0.15) is 0 Å². The zero-order valence-electron chi connectivity index (χ0n) is 14.7. The fourth-order valence-electron chi connectivity index (χ4n) is 3.28. The molecule has 0 aromatic heterocycles. The highest BCUT2D eigenvalue weighted by Crippen LogP contribution is 2.32. The van der Waals surface area contributed by atoms with Gasteiger partial charge in [0, 0.05) is 29.5 Å². The zero-order valence-corrected chi connectivity index (χ0v) is 16.4. The number of hydrogen-bond donors (Lipinski definition) is 2. The molecule has 2 aromatic carbocycles. The number of carbonyl (C=O) groups excluding carboxylic acids is 1. The van der Waals surface area contributed by atoms with Gasteiger partial charge >= 0.3 is 0 Å². The van der Waals surface area contributed by atoms with E-state index in [9.17, 15) is 13.2 Å². The number of sulfonamides is 1. The van der Waals surface area contributed by atoms with Crippen molar-refractivity contribution in [3.05, 3.63) is 53.6 Å². The lowest BCUT2D eigenvalue weighted by Crippen LogP contribution is -2.35. The molecule has 144 valence electrons. The van der Waals surface area contributed by atoms with Crippen molar-refractivity contribution in [1.29, 1.82) is 0 Å². The first-order valence-corrected chi connectivity index (χ1v) is 10.3. The number of rotatable bonds is 4. The SMILES string of the molecule is Cl.Nc1cccc2c1CCCN2C(=O)c1ccc(S(=O)(=O)NC2CC2)cc1. The Morgan fingerprint density at radius 3 is 2.48 bits per heavy atom. The van der Waals surface area contributed by atoms with Crippen LogP contribution in [0.4, 0.5) is 11.4 Å². The largest absolute Gasteiger partial charge is 0.398 e. The number of nitrogen functional groups attached to an aromatic ring is 1. The van der Waals surface area contributed by atoms with Gasteiger partial charge in [-0.25, -0.2) is 13.1 Å². The first-order chi connectivity index (χ1) is 12.5. The van der Waals surface area contributed by atoms with E-state index in [1.165, 1.54) is 12.1 Å². The van der Waals surface area contributed by atoms with Crippen LogP contribution >= 0.6 is 12.4 Å². The predicted molar refractivity (Wildman–Crippen MR) is 108 cm³/mol. The minimum atomic E-state index is -3.51. The molecule has 0 unspecified atom stereocenters. The second kappa shape index (κ2) is 7.50. The number of nitrogens with one attached hydrogen (secondary N) is 1. The van der Waals surface area contributed by atoms with Crippen LogP contribution in [0.3, 0.4) is 0 Å². The second-order valence-electron chi connectivity index (χ2n) is 6.83. The molecule has 1 fully saturated rings. The van der Waals surface area contributed by atoms with E-state index in [4.69, 9.17) is 5.73 Å². The molecule has 1 heterocycles. The number of nitrogens with two attached hydrogens (primary N) is 1. The summed E-state index contributed by atoms with van der Waals surface area (Å²) in [5.41, 5.74) is 9.05. The Hall–Kier alpha value is -2.09. The number of anilines is 2. The molecule has 1 amide bonds. The number of benzene rings is 2. The van der Waals surface area contributed by atoms with Crippen LogP contribution < -0.4 is 15.4 Å². The lowest BCUT2D eigenvalue weighted by atomic mass is 9.99. The van der Waals surface area contributed by atoms with Gasteiger partial charge in [0.05, 0.1) is 4.90 Å². The van der Waals surface area contributed by atoms with E-state index in [0.717, 1.165) is 36.9 Å². The third-order valence-electron chi connectivity index (χ3n) is 4.84. The molecule has 0 saturated heterocycles. The van der Waals surface area contributed by atoms with Gasteiger partial charge in [0.1, 0.15) is 0 Å². The summed E-state index contributed by atoms with van der Waals surface area (Å²) in [6.45, 7) is 0.624. The second-order valence-corrected chi connectivity index (χ2v) is 8.54. The van der Waals surface area contributed by atoms with Crippen LogP contribution in [0.2, 0.25) is 0 Å². The Bertz CT molecular complexity index is 957. The molecule has 6 nitrogen and oxygen atoms in total. The Balaban J connectivity index is 0.00000210. The number of halogens is 1. The third kappa shape index (κ3) is 3.95. The molecule has 2 aromatic rings. The monoisotopic (exact) mass is 407 g/mol. The molecule has 0 spiro atoms. The topological polar surface area (TPSA) is 92.5 Å². The van der Waals surface area contributed by atoms with Gasteiger partial charge in [-0.15, -0.1) is 12.4 Å². The fourth-order valence-corrected chi connectivity index (χ4v) is 4.59. The summed E-state index contributed by atoms with van der Waals surface area (Å²) in [5, 5.41) is 0. The summed E-state index contributed by atoms with van der Waals surface area (Å²) in [7, 11) is -3.51. The van der Waals surface area contributed by atoms with Crippen LogP contribution in [0, 0.1) is 0 Å². The van der Waals surface area contributed by atoms with E-state index in [1.54, 1.807) is 17.0 Å². The van der Waals surface area contributed by atoms with E-state index >= 15 is 0 Å². The van der Waals surface area contributed by atoms with Crippen molar-refractivity contribution in [2.45, 2.75) is 36.6 Å². The molecule has 27 heavy (non-hydrogen) atoms. The number of amides is 1. The van der Waals surface area contributed by atoms with Crippen molar-refractivity contribution in [2.24, 2.45) is 0 Å². The lowest BCUT2D eigenvalue weighted by Gasteiger charge is -2.30. The van der Waals surface area contributed by atoms with Crippen LogP contribution in [-0.4, -0.2) is 26.9 Å². The van der Waals surface area contributed by atoms with Crippen molar-refractivity contribution in [3.63, 3.8) is 0 Å². The summed E-state index contributed by atoms with van der Waals surface area (Å²) >= 11 is 0. The highest BCUT2D eigenvalue weighted by atomic mass is 35.5. The number of carbonyl (C=O) groups is 1. The van der Waals surface area contributed by atoms with Crippen LogP contribution in [0.1, 0.15) is 35.2 Å². The highest BCUT2D eigenvalue weighted by molar-refractivity contribution is 7.89. The van der Waals surface area contributed by atoms with Crippen LogP contribution in [-0.2, 0) is 16.4 Å². The van der Waals surface area contributed by atoms with E-state index in [0.29, 0.717) is 17.8 Å². The standard InChI is InChI=1S/C19H21N3O3S.ClH/c20-17-4-1-5-18-16(17)3-2-12-22(18)19(23)13-6-10-15(11-7-13)26(24,25)21-14-8-9-14;/h1,4-7,10-11,14,21H,2-3,8-9,12,20H2;1H. The minimum Gasteiger partial charge on any atom is -0.398 e. The molecule has 1 aliphatic carbocycles. The molecule has 4 rings (SSSR count). The van der Waals surface area contributed by atoms with Crippen LogP contribution in [0.5, 0.6) is 0 Å². The van der Waals surface area contributed by atoms with Crippen LogP contribution in [0.15, 0.2) is 47.4 Å². The Labute approximate surface area is 165 Å². The minimum absolute atomic E-state index is 0. The van der Waals surface area contributed by atoms with Gasteiger partial charge in [-0.05, 0) is 67.6 Å². The predicted octanol–water partition coefficient (Wildman–Crippen LogP) is 2.72. The van der Waals surface area contributed by atoms with Gasteiger partial charge in [0.15, 0.2) is 0 Å². The Morgan fingerprint density at radius 2 is 1.81 bits per heavy atom. The molecule has 2 aliphatic rings. The van der Waals surface area contributed by atoms with Crippen molar-refractivity contribution in [2.75, 3.05) is 17.2 Å². The Morgan fingerprint density at radius 1 is 1.11 bits per heavy atom. The van der Waals surface area contributed by atoms with Gasteiger partial charge in [0.25, 0.3) is 5.91 Å². The number of fused-ring (bicyclic) bond motifs is 1. The smallest absolute Gasteiger partial charge is 0.258 e. The van der Waals surface area contributed by atoms with Crippen molar-refractivity contribution >= 4 is 39.7 Å². The van der Waals surface area contributed by atoms with Gasteiger partial charge in [-0.1, -0.05) is 6.07 Å². The molecule has 0 atom stereocenters. The van der Waals surface area contributed by atoms with Gasteiger partial charge in [-0.3, -0.25) is 4.79 Å². The van der Waals surface area contributed by atoms with Gasteiger partial charge < -0.3 is 10.6 Å². The summed E-state index contributed by atoms with van der Waals surface area (Å²) < 4.78 is 27.1. The molecule has 1 saturated carbocycles. The van der Waals surface area contributed by atoms with Crippen molar-refractivity contribution < 1.29 is 13.2 Å². The maximum Gasteiger partial charge on any atom is 0.258 e. The summed E-state index contributed by atoms with van der Waals surface area (Å²) in [4.78, 5) is 14.9. The molecular formula is C19H22ClN3O3S. The van der Waals surface area contributed by atoms with Crippen LogP contribution in [0.25, 0.3) is 0 Å². The third-order valence-corrected chi connectivity index (χ3v) is 6.38. The first kappa shape index (κ1) is 19.7. The summed E-state index contributed by atoms with van der Waals surface area (Å²) in [5.74, 6) is -0.143. The molecule has 8 heteroatoms. The van der Waals surface area contributed by atoms with Gasteiger partial charge in [0.2, 0.25) is 10.0 Å². The number of hydrogen-bond acceptors (Lipinski definition) is 4. The van der Waals surface area contributed by atoms with E-state index in [1.807, 2.05) is 18.2 Å². The molecule has 0 bridgehead atoms. The summed E-state index contributed by atoms with van der Waals surface area (Å²) in [6, 6.07) is 11.8. The average molecular weight is 408 g/mol. The van der Waals surface area contributed by atoms with E-state index < -0.39 is 10.0 Å². The van der Waals surface area contributed by atoms with E-state index in [2.05, 4.69) is 4.72 Å². The maximum atomic E-state index is 12.9. The van der Waals surface area contributed by atoms with Crippen molar-refractivity contribution in [3.8, 4) is 0 Å². The molecule has 3 N–H and O–H groups in total. The average Bonchev–Trinajstić information content (AvgIpc) is 3.44. The Kier molecular flexibility index (Phi) is 5.46. The quantitative estimate of drug-likeness (QED) is 0.762. The molecule has 1 aliphatic heterocycles. The molecular weight excluding hydrogens is 386 g/mol. The maximum absolute atomic E-state index is 12.9. The fraction of sp³-hybridized carbons (Fsp3) is 0.316. The molecule has 0 radical (unpaired) electrons. The first-order valence-electron chi connectivity index (χ1n) is 8.77. The highest BCUT2D eigenvalue weighted by Gasteiger charge is 2.29.